The normalized spacial score (nSPS) is 10.6. The van der Waals surface area contributed by atoms with Crippen LogP contribution < -0.4 is 10.9 Å². The monoisotopic (exact) mass is 356 g/mol. The summed E-state index contributed by atoms with van der Waals surface area (Å²) in [6.07, 6.45) is 1.18. The first-order valence-corrected chi connectivity index (χ1v) is 8.26. The van der Waals surface area contributed by atoms with Crippen LogP contribution in [0.5, 0.6) is 0 Å². The Balaban J connectivity index is 0.000000290. The van der Waals surface area contributed by atoms with E-state index >= 15 is 0 Å². The second kappa shape index (κ2) is 9.08. The third kappa shape index (κ3) is 5.12. The van der Waals surface area contributed by atoms with Gasteiger partial charge in [-0.15, -0.1) is 12.6 Å². The van der Waals surface area contributed by atoms with Crippen LogP contribution in [0.25, 0.3) is 0 Å². The van der Waals surface area contributed by atoms with Crippen molar-refractivity contribution in [3.63, 3.8) is 0 Å². The van der Waals surface area contributed by atoms with Gasteiger partial charge < -0.3 is 4.57 Å². The van der Waals surface area contributed by atoms with E-state index in [2.05, 4.69) is 18.5 Å². The molecule has 0 saturated carbocycles. The van der Waals surface area contributed by atoms with E-state index in [-0.39, 0.29) is 5.46 Å². The van der Waals surface area contributed by atoms with Gasteiger partial charge in [0.15, 0.2) is 0 Å². The number of hydrogen-bond acceptors (Lipinski definition) is 1. The highest BCUT2D eigenvalue weighted by Crippen LogP contribution is 2.28. The van der Waals surface area contributed by atoms with Gasteiger partial charge >= 0.3 is 6.18 Å². The molecule has 0 N–H and O–H groups in total. The predicted molar refractivity (Wildman–Crippen MR) is 101 cm³/mol. The molecular formula is C20H20BF3N2. The summed E-state index contributed by atoms with van der Waals surface area (Å²) in [6, 6.07) is 14.7. The molecule has 3 rings (SSSR count). The molecule has 0 aliphatic carbocycles. The van der Waals surface area contributed by atoms with Gasteiger partial charge in [-0.1, -0.05) is 65.5 Å². The molecule has 26 heavy (non-hydrogen) atoms. The Kier molecular flexibility index (Phi) is 6.84. The van der Waals surface area contributed by atoms with Gasteiger partial charge in [0.1, 0.15) is 0 Å². The first-order chi connectivity index (χ1) is 12.5. The zero-order valence-corrected chi connectivity index (χ0v) is 14.5. The minimum Gasteiger partial charge on any atom is -0.338 e. The molecule has 0 bridgehead atoms. The number of rotatable bonds is 4. The van der Waals surface area contributed by atoms with Crippen molar-refractivity contribution in [1.29, 1.82) is 0 Å². The lowest BCUT2D eigenvalue weighted by molar-refractivity contribution is -0.136. The molecule has 0 aliphatic heterocycles. The van der Waals surface area contributed by atoms with Crippen LogP contribution in [0.15, 0.2) is 85.9 Å². The molecule has 0 fully saturated rings. The highest BCUT2D eigenvalue weighted by Gasteiger charge is 2.35. The Morgan fingerprint density at radius 3 is 2.23 bits per heavy atom. The van der Waals surface area contributed by atoms with Gasteiger partial charge in [-0.25, -0.2) is 4.98 Å². The summed E-state index contributed by atoms with van der Waals surface area (Å²) >= 11 is 0. The van der Waals surface area contributed by atoms with Gasteiger partial charge in [-0.3, -0.25) is 0 Å². The number of nitrogens with zero attached hydrogens (tertiary/aromatic N) is 2. The van der Waals surface area contributed by atoms with Crippen molar-refractivity contribution in [3.05, 3.63) is 91.4 Å². The molecule has 2 nitrogen and oxygen atoms in total. The minimum absolute atomic E-state index is 0.233. The summed E-state index contributed by atoms with van der Waals surface area (Å²) in [6.45, 7) is 6.31. The van der Waals surface area contributed by atoms with Crippen molar-refractivity contribution in [2.45, 2.75) is 19.6 Å². The summed E-state index contributed by atoms with van der Waals surface area (Å²) in [4.78, 5) is 3.86. The number of halogens is 3. The second-order valence-electron chi connectivity index (χ2n) is 5.60. The van der Waals surface area contributed by atoms with E-state index in [4.69, 9.17) is 0 Å². The molecule has 0 atom stereocenters. The zero-order chi connectivity index (χ0) is 19.0. The smallest absolute Gasteiger partial charge is 0.338 e. The average Bonchev–Trinajstić information content (AvgIpc) is 3.17. The number of aromatic nitrogens is 2. The van der Waals surface area contributed by atoms with Gasteiger partial charge in [-0.05, 0) is 6.92 Å². The Bertz CT molecular complexity index is 799. The van der Waals surface area contributed by atoms with Gasteiger partial charge in [0.25, 0.3) is 0 Å². The molecule has 2 aromatic carbocycles. The molecular weight excluding hydrogens is 336 g/mol. The number of aryl methyl sites for hydroxylation is 1. The molecule has 6 heteroatoms. The summed E-state index contributed by atoms with van der Waals surface area (Å²) in [5, 5.41) is 0. The quantitative estimate of drug-likeness (QED) is 0.648. The third-order valence-electron chi connectivity index (χ3n) is 3.92. The van der Waals surface area contributed by atoms with E-state index in [0.29, 0.717) is 0 Å². The van der Waals surface area contributed by atoms with Crippen LogP contribution in [0, 0.1) is 0 Å². The van der Waals surface area contributed by atoms with Gasteiger partial charge in [-0.2, -0.15) is 13.2 Å². The van der Waals surface area contributed by atoms with Crippen molar-refractivity contribution in [3.8, 4) is 0 Å². The average molecular weight is 356 g/mol. The third-order valence-corrected chi connectivity index (χ3v) is 3.92. The molecule has 0 amide bonds. The van der Waals surface area contributed by atoms with Gasteiger partial charge in [0, 0.05) is 18.9 Å². The van der Waals surface area contributed by atoms with Crippen LogP contribution in [0.1, 0.15) is 12.5 Å². The summed E-state index contributed by atoms with van der Waals surface area (Å²) in [5.41, 5.74) is 0.425. The predicted octanol–water partition coefficient (Wildman–Crippen LogP) is 3.94. The molecule has 0 radical (unpaired) electrons. The standard InChI is InChI=1S/C15H12BF3.C5H8N2/c1-2-16(12-8-4-3-5-9-12)14-11-7-6-10-13(14)15(17,18)19;1-2-7-4-3-6-5-7/h2-11H,1H2;3-5H,2H2,1H3. The lowest BCUT2D eigenvalue weighted by Gasteiger charge is -2.17. The number of alkyl halides is 3. The number of benzene rings is 2. The molecule has 0 saturated heterocycles. The molecule has 3 aromatic rings. The lowest BCUT2D eigenvalue weighted by Crippen LogP contribution is -2.43. The Labute approximate surface area is 152 Å². The summed E-state index contributed by atoms with van der Waals surface area (Å²) < 4.78 is 41.1. The van der Waals surface area contributed by atoms with Crippen LogP contribution in [0.3, 0.4) is 0 Å². The van der Waals surface area contributed by atoms with Gasteiger partial charge in [0.2, 0.25) is 6.71 Å². The Hall–Kier alpha value is -2.76. The van der Waals surface area contributed by atoms with Crippen LogP contribution in [0.2, 0.25) is 0 Å². The van der Waals surface area contributed by atoms with Crippen LogP contribution in [-0.4, -0.2) is 16.3 Å². The Morgan fingerprint density at radius 2 is 1.73 bits per heavy atom. The van der Waals surface area contributed by atoms with E-state index in [9.17, 15) is 13.2 Å². The van der Waals surface area contributed by atoms with Crippen LogP contribution in [-0.2, 0) is 12.7 Å². The topological polar surface area (TPSA) is 17.8 Å². The largest absolute Gasteiger partial charge is 0.415 e. The van der Waals surface area contributed by atoms with Crippen LogP contribution >= 0.6 is 0 Å². The number of hydrogen-bond donors (Lipinski definition) is 0. The highest BCUT2D eigenvalue weighted by molar-refractivity contribution is 6.89. The molecule has 134 valence electrons. The molecule has 1 aromatic heterocycles. The molecule has 0 spiro atoms. The second-order valence-corrected chi connectivity index (χ2v) is 5.60. The first-order valence-electron chi connectivity index (χ1n) is 8.26. The Morgan fingerprint density at radius 1 is 1.08 bits per heavy atom. The van der Waals surface area contributed by atoms with Crippen molar-refractivity contribution < 1.29 is 13.2 Å². The zero-order valence-electron chi connectivity index (χ0n) is 14.5. The fraction of sp³-hybridized carbons (Fsp3) is 0.150. The molecule has 1 heterocycles. The van der Waals surface area contributed by atoms with E-state index in [0.717, 1.165) is 18.1 Å². The number of imidazole rings is 1. The SMILES string of the molecule is C=CB(c1ccccc1)c1ccccc1C(F)(F)F.CCn1ccnc1. The minimum atomic E-state index is -4.35. The van der Waals surface area contributed by atoms with Crippen molar-refractivity contribution in [2.75, 3.05) is 0 Å². The van der Waals surface area contributed by atoms with Crippen LogP contribution in [0.4, 0.5) is 13.2 Å². The highest BCUT2D eigenvalue weighted by atomic mass is 19.4. The summed E-state index contributed by atoms with van der Waals surface area (Å²) in [7, 11) is 0. The van der Waals surface area contributed by atoms with Crippen molar-refractivity contribution >= 4 is 17.6 Å². The molecule has 0 unspecified atom stereocenters. The summed E-state index contributed by atoms with van der Waals surface area (Å²) in [5.74, 6) is 1.54. The fourth-order valence-corrected chi connectivity index (χ4v) is 2.60. The molecule has 0 aliphatic rings. The first kappa shape index (κ1) is 19.6. The van der Waals surface area contributed by atoms with Crippen molar-refractivity contribution in [1.82, 2.24) is 9.55 Å². The maximum absolute atomic E-state index is 13.0. The van der Waals surface area contributed by atoms with E-state index in [1.54, 1.807) is 36.7 Å². The van der Waals surface area contributed by atoms with Crippen molar-refractivity contribution in [2.24, 2.45) is 0 Å². The van der Waals surface area contributed by atoms with Gasteiger partial charge in [0.05, 0.1) is 11.9 Å². The van der Waals surface area contributed by atoms with E-state index in [1.165, 1.54) is 12.1 Å². The van der Waals surface area contributed by atoms with E-state index < -0.39 is 18.5 Å². The maximum atomic E-state index is 13.0. The lowest BCUT2D eigenvalue weighted by atomic mass is 9.40. The fourth-order valence-electron chi connectivity index (χ4n) is 2.60. The maximum Gasteiger partial charge on any atom is 0.415 e. The van der Waals surface area contributed by atoms with E-state index in [1.807, 2.05) is 29.0 Å².